The van der Waals surface area contributed by atoms with E-state index in [1.165, 1.54) is 9.14 Å². The van der Waals surface area contributed by atoms with Gasteiger partial charge in [-0.3, -0.25) is 0 Å². The minimum atomic E-state index is -3.63. The monoisotopic (exact) mass is 695 g/mol. The zero-order valence-electron chi connectivity index (χ0n) is 23.6. The molecule has 0 fully saturated rings. The van der Waals surface area contributed by atoms with Gasteiger partial charge in [-0.05, 0) is 0 Å². The summed E-state index contributed by atoms with van der Waals surface area (Å²) in [7, 11) is -3.63. The van der Waals surface area contributed by atoms with Crippen LogP contribution >= 0.6 is 0 Å². The first-order chi connectivity index (χ1) is 21.1. The summed E-state index contributed by atoms with van der Waals surface area (Å²) in [6.45, 7) is 0. The number of rotatable bonds is 10. The molecule has 6 heteroatoms. The minimum absolute atomic E-state index is 0.264. The number of para-hydroxylation sites is 3. The number of anilines is 4. The molecule has 43 heavy (non-hydrogen) atoms. The van der Waals surface area contributed by atoms with Crippen molar-refractivity contribution in [3.63, 3.8) is 0 Å². The van der Waals surface area contributed by atoms with Crippen molar-refractivity contribution < 1.29 is 29.6 Å². The SMILES string of the molecule is O=S(=O)(c1ccc([I-]CC2=CC(Nc3ccccc3)=CCC2)cc1)c1ccc(N(c2ccccc2)c2ccccc2)cc1. The molecule has 6 rings (SSSR count). The Morgan fingerprint density at radius 3 is 1.72 bits per heavy atom. The molecule has 4 nitrogen and oxygen atoms in total. The van der Waals surface area contributed by atoms with Gasteiger partial charge in [-0.25, -0.2) is 0 Å². The number of nitrogens with one attached hydrogen (secondary N) is 1. The zero-order valence-corrected chi connectivity index (χ0v) is 26.6. The number of benzene rings is 5. The van der Waals surface area contributed by atoms with E-state index < -0.39 is 9.84 Å². The average Bonchev–Trinajstić information content (AvgIpc) is 3.06. The van der Waals surface area contributed by atoms with Crippen molar-refractivity contribution in [2.45, 2.75) is 22.6 Å². The molecule has 0 atom stereocenters. The van der Waals surface area contributed by atoms with E-state index in [0.29, 0.717) is 4.90 Å². The number of sulfone groups is 1. The van der Waals surface area contributed by atoms with Crippen LogP contribution in [0.15, 0.2) is 173 Å². The normalized spacial score (nSPS) is 13.2. The Morgan fingerprint density at radius 1 is 0.628 bits per heavy atom. The molecule has 1 N–H and O–H groups in total. The topological polar surface area (TPSA) is 49.4 Å². The third-order valence-corrected chi connectivity index (χ3v) is 11.9. The molecule has 0 aromatic heterocycles. The molecular formula is C37H32IN2O2S-. The van der Waals surface area contributed by atoms with Gasteiger partial charge >= 0.3 is 230 Å². The van der Waals surface area contributed by atoms with E-state index in [2.05, 4.69) is 34.5 Å². The van der Waals surface area contributed by atoms with Crippen molar-refractivity contribution in [2.75, 3.05) is 14.6 Å². The van der Waals surface area contributed by atoms with E-state index >= 15 is 0 Å². The summed E-state index contributed by atoms with van der Waals surface area (Å²) < 4.78 is 29.4. The molecule has 1 aliphatic rings. The van der Waals surface area contributed by atoms with Gasteiger partial charge in [0.05, 0.1) is 0 Å². The van der Waals surface area contributed by atoms with Crippen molar-refractivity contribution in [1.82, 2.24) is 0 Å². The van der Waals surface area contributed by atoms with Crippen LogP contribution in [0.5, 0.6) is 0 Å². The number of allylic oxidation sites excluding steroid dienone is 3. The van der Waals surface area contributed by atoms with Gasteiger partial charge in [-0.1, -0.05) is 36.4 Å². The van der Waals surface area contributed by atoms with Crippen LogP contribution < -0.4 is 31.4 Å². The van der Waals surface area contributed by atoms with Crippen LogP contribution in [0, 0.1) is 3.57 Å². The van der Waals surface area contributed by atoms with Crippen molar-refractivity contribution in [3.05, 3.63) is 167 Å². The van der Waals surface area contributed by atoms with E-state index in [1.54, 1.807) is 24.3 Å². The molecule has 216 valence electrons. The fourth-order valence-electron chi connectivity index (χ4n) is 5.02. The quantitative estimate of drug-likeness (QED) is 0.145. The van der Waals surface area contributed by atoms with Crippen molar-refractivity contribution in [1.29, 1.82) is 0 Å². The second kappa shape index (κ2) is 13.4. The summed E-state index contributed by atoms with van der Waals surface area (Å²) in [4.78, 5) is 2.73. The fourth-order valence-corrected chi connectivity index (χ4v) is 8.68. The first kappa shape index (κ1) is 29.0. The number of hydrogen-bond donors (Lipinski definition) is 1. The number of halogens is 1. The molecule has 1 aliphatic carbocycles. The van der Waals surface area contributed by atoms with E-state index in [9.17, 15) is 8.42 Å². The van der Waals surface area contributed by atoms with Gasteiger partial charge < -0.3 is 0 Å². The molecule has 5 aromatic rings. The maximum atomic E-state index is 13.5. The Labute approximate surface area is 264 Å². The summed E-state index contributed by atoms with van der Waals surface area (Å²) in [5, 5.41) is 3.50. The van der Waals surface area contributed by atoms with Crippen LogP contribution in [0.3, 0.4) is 0 Å². The molecule has 0 heterocycles. The molecule has 0 bridgehead atoms. The third-order valence-electron chi connectivity index (χ3n) is 7.20. The summed E-state index contributed by atoms with van der Waals surface area (Å²) in [6, 6.07) is 45.0. The van der Waals surface area contributed by atoms with Gasteiger partial charge in [0.15, 0.2) is 0 Å². The van der Waals surface area contributed by atoms with Gasteiger partial charge in [-0.2, -0.15) is 0 Å². The first-order valence-corrected chi connectivity index (χ1v) is 18.3. The molecule has 0 saturated carbocycles. The Balaban J connectivity index is 1.14. The predicted octanol–water partition coefficient (Wildman–Crippen LogP) is 5.96. The summed E-state index contributed by atoms with van der Waals surface area (Å²) >= 11 is -0.264. The zero-order chi connectivity index (χ0) is 29.5. The Morgan fingerprint density at radius 2 is 1.14 bits per heavy atom. The van der Waals surface area contributed by atoms with Crippen LogP contribution in [-0.4, -0.2) is 12.8 Å². The van der Waals surface area contributed by atoms with E-state index in [4.69, 9.17) is 0 Å². The van der Waals surface area contributed by atoms with Crippen LogP contribution in [0.2, 0.25) is 0 Å². The molecule has 0 saturated heterocycles. The van der Waals surface area contributed by atoms with E-state index in [0.717, 1.165) is 45.7 Å². The Bertz CT molecular complexity index is 1780. The molecule has 0 unspecified atom stereocenters. The van der Waals surface area contributed by atoms with Crippen molar-refractivity contribution in [3.8, 4) is 0 Å². The third kappa shape index (κ3) is 7.09. The molecule has 0 amide bonds. The number of alkyl halides is 1. The van der Waals surface area contributed by atoms with Gasteiger partial charge in [-0.15, -0.1) is 0 Å². The van der Waals surface area contributed by atoms with Gasteiger partial charge in [0.1, 0.15) is 0 Å². The Hall–Kier alpha value is -4.14. The van der Waals surface area contributed by atoms with E-state index in [-0.39, 0.29) is 26.1 Å². The predicted molar refractivity (Wildman–Crippen MR) is 172 cm³/mol. The molecular weight excluding hydrogens is 663 g/mol. The van der Waals surface area contributed by atoms with Crippen LogP contribution in [0.1, 0.15) is 12.8 Å². The summed E-state index contributed by atoms with van der Waals surface area (Å²) in [5.41, 5.74) is 6.60. The molecule has 0 spiro atoms. The van der Waals surface area contributed by atoms with Crippen LogP contribution in [0.4, 0.5) is 22.7 Å². The van der Waals surface area contributed by atoms with Crippen LogP contribution in [-0.2, 0) is 9.84 Å². The van der Waals surface area contributed by atoms with Gasteiger partial charge in [0.2, 0.25) is 0 Å². The molecule has 0 aliphatic heterocycles. The fraction of sp³-hybridized carbons (Fsp3) is 0.0811. The summed E-state index contributed by atoms with van der Waals surface area (Å²) in [5.74, 6) is 0. The first-order valence-electron chi connectivity index (χ1n) is 14.2. The standard InChI is InChI=1S/C37H32IN2O2S/c41-43(42,37-25-21-35(22-26-37)40(33-15-6-2-7-16-33)34-17-8-3-9-18-34)36-23-19-30(20-24-36)38-28-29-11-10-14-32(27-29)39-31-12-4-1-5-13-31/h1-9,12-27,39H,10-11,28H2/q-1. The molecule has 0 radical (unpaired) electrons. The Kier molecular flexibility index (Phi) is 9.05. The van der Waals surface area contributed by atoms with Gasteiger partial charge in [0.25, 0.3) is 0 Å². The number of nitrogens with zero attached hydrogens (tertiary/aromatic N) is 1. The van der Waals surface area contributed by atoms with Gasteiger partial charge in [0, 0.05) is 0 Å². The maximum absolute atomic E-state index is 13.5. The van der Waals surface area contributed by atoms with Crippen LogP contribution in [0.25, 0.3) is 0 Å². The molecule has 5 aromatic carbocycles. The second-order valence-corrected chi connectivity index (χ2v) is 14.9. The number of hydrogen-bond acceptors (Lipinski definition) is 4. The second-order valence-electron chi connectivity index (χ2n) is 10.2. The van der Waals surface area contributed by atoms with E-state index in [1.807, 2.05) is 103 Å². The summed E-state index contributed by atoms with van der Waals surface area (Å²) in [6.07, 6.45) is 6.64. The average molecular weight is 696 g/mol. The van der Waals surface area contributed by atoms with Crippen molar-refractivity contribution >= 4 is 32.6 Å². The van der Waals surface area contributed by atoms with Crippen molar-refractivity contribution in [2.24, 2.45) is 0 Å².